The number of carboxylic acid groups (broad SMARTS) is 1. The van der Waals surface area contributed by atoms with Crippen molar-refractivity contribution in [2.75, 3.05) is 5.32 Å². The number of aromatic nitrogens is 1. The molecule has 0 bridgehead atoms. The fraction of sp³-hybridized carbons (Fsp3) is 0.200. The highest BCUT2D eigenvalue weighted by Crippen LogP contribution is 2.28. The molecule has 2 rings (SSSR count). The Balaban J connectivity index is 2.36. The van der Waals surface area contributed by atoms with Crippen LogP contribution in [-0.2, 0) is 6.42 Å². The van der Waals surface area contributed by atoms with Crippen LogP contribution in [0.1, 0.15) is 29.4 Å². The molecule has 110 valence electrons. The number of hydrogen-bond acceptors (Lipinski definition) is 3. The van der Waals surface area contributed by atoms with Gasteiger partial charge in [-0.1, -0.05) is 36.5 Å². The van der Waals surface area contributed by atoms with E-state index in [1.54, 1.807) is 24.3 Å². The molecule has 0 saturated heterocycles. The lowest BCUT2D eigenvalue weighted by atomic mass is 10.1. The second kappa shape index (κ2) is 6.78. The van der Waals surface area contributed by atoms with Crippen LogP contribution in [0.4, 0.5) is 11.5 Å². The third-order valence-electron chi connectivity index (χ3n) is 2.83. The highest BCUT2D eigenvalue weighted by Gasteiger charge is 2.10. The third-order valence-corrected chi connectivity index (χ3v) is 3.37. The molecule has 0 aliphatic heterocycles. The van der Waals surface area contributed by atoms with Crippen LogP contribution in [-0.4, -0.2) is 16.1 Å². The molecule has 2 N–H and O–H groups in total. The molecule has 0 radical (unpaired) electrons. The van der Waals surface area contributed by atoms with Gasteiger partial charge in [0.25, 0.3) is 0 Å². The highest BCUT2D eigenvalue weighted by molar-refractivity contribution is 6.36. The van der Waals surface area contributed by atoms with Crippen molar-refractivity contribution in [3.63, 3.8) is 0 Å². The first-order valence-electron chi connectivity index (χ1n) is 6.46. The molecule has 1 heterocycles. The predicted octanol–water partition coefficient (Wildman–Crippen LogP) is 4.78. The maximum Gasteiger partial charge on any atom is 0.335 e. The number of nitrogens with one attached hydrogen (secondary N) is 1. The second-order valence-electron chi connectivity index (χ2n) is 4.54. The number of carboxylic acids is 1. The molecule has 0 spiro atoms. The van der Waals surface area contributed by atoms with Crippen molar-refractivity contribution in [3.8, 4) is 0 Å². The number of anilines is 2. The average Bonchev–Trinajstić information content (AvgIpc) is 2.42. The second-order valence-corrected chi connectivity index (χ2v) is 5.38. The molecular weight excluding hydrogens is 311 g/mol. The van der Waals surface area contributed by atoms with Crippen molar-refractivity contribution >= 4 is 40.7 Å². The molecule has 6 heteroatoms. The summed E-state index contributed by atoms with van der Waals surface area (Å²) in [5.74, 6) is -0.539. The Hall–Kier alpha value is -1.78. The van der Waals surface area contributed by atoms with E-state index < -0.39 is 5.97 Å². The van der Waals surface area contributed by atoms with Crippen LogP contribution < -0.4 is 5.32 Å². The Morgan fingerprint density at radius 2 is 2.05 bits per heavy atom. The van der Waals surface area contributed by atoms with Crippen LogP contribution in [0.2, 0.25) is 10.0 Å². The van der Waals surface area contributed by atoms with Gasteiger partial charge in [-0.2, -0.15) is 0 Å². The van der Waals surface area contributed by atoms with Gasteiger partial charge in [0, 0.05) is 10.7 Å². The quantitative estimate of drug-likeness (QED) is 0.830. The molecule has 0 saturated carbocycles. The summed E-state index contributed by atoms with van der Waals surface area (Å²) in [6.45, 7) is 2.01. The Morgan fingerprint density at radius 1 is 1.29 bits per heavy atom. The fourth-order valence-electron chi connectivity index (χ4n) is 1.89. The number of rotatable bonds is 5. The smallest absolute Gasteiger partial charge is 0.335 e. The van der Waals surface area contributed by atoms with E-state index in [2.05, 4.69) is 10.3 Å². The minimum atomic E-state index is -0.986. The summed E-state index contributed by atoms with van der Waals surface area (Å²) in [5, 5.41) is 13.2. The Bertz CT molecular complexity index is 675. The van der Waals surface area contributed by atoms with E-state index in [0.717, 1.165) is 12.1 Å². The van der Waals surface area contributed by atoms with Gasteiger partial charge in [-0.3, -0.25) is 0 Å². The van der Waals surface area contributed by atoms with E-state index in [4.69, 9.17) is 28.3 Å². The van der Waals surface area contributed by atoms with Gasteiger partial charge < -0.3 is 10.4 Å². The monoisotopic (exact) mass is 324 g/mol. The third kappa shape index (κ3) is 4.09. The van der Waals surface area contributed by atoms with E-state index in [0.29, 0.717) is 28.0 Å². The number of nitrogens with zero attached hydrogens (tertiary/aromatic N) is 1. The molecule has 1 aromatic carbocycles. The molecule has 0 amide bonds. The number of benzene rings is 1. The van der Waals surface area contributed by atoms with Gasteiger partial charge >= 0.3 is 5.97 Å². The van der Waals surface area contributed by atoms with Crippen molar-refractivity contribution in [2.24, 2.45) is 0 Å². The van der Waals surface area contributed by atoms with E-state index in [-0.39, 0.29) is 5.56 Å². The van der Waals surface area contributed by atoms with E-state index in [1.807, 2.05) is 6.92 Å². The Morgan fingerprint density at radius 3 is 2.67 bits per heavy atom. The van der Waals surface area contributed by atoms with Crippen LogP contribution in [0.15, 0.2) is 30.3 Å². The van der Waals surface area contributed by atoms with Crippen LogP contribution in [0.25, 0.3) is 0 Å². The first kappa shape index (κ1) is 15.6. The maximum atomic E-state index is 11.2. The normalized spacial score (nSPS) is 10.4. The summed E-state index contributed by atoms with van der Waals surface area (Å²) in [4.78, 5) is 15.6. The van der Waals surface area contributed by atoms with Gasteiger partial charge in [0.1, 0.15) is 5.82 Å². The number of pyridine rings is 1. The summed E-state index contributed by atoms with van der Waals surface area (Å²) in [7, 11) is 0. The van der Waals surface area contributed by atoms with Gasteiger partial charge in [0.05, 0.1) is 16.3 Å². The molecule has 0 aliphatic carbocycles. The van der Waals surface area contributed by atoms with Crippen molar-refractivity contribution < 1.29 is 9.90 Å². The van der Waals surface area contributed by atoms with Crippen molar-refractivity contribution in [2.45, 2.75) is 19.8 Å². The molecule has 2 aromatic rings. The maximum absolute atomic E-state index is 11.2. The zero-order valence-electron chi connectivity index (χ0n) is 11.4. The van der Waals surface area contributed by atoms with Crippen LogP contribution in [0.3, 0.4) is 0 Å². The SMILES string of the molecule is CCCc1cc(C(=O)O)cc(Nc2ccc(Cl)cc2Cl)n1. The molecular formula is C15H14Cl2N2O2. The van der Waals surface area contributed by atoms with Crippen LogP contribution in [0, 0.1) is 0 Å². The lowest BCUT2D eigenvalue weighted by Crippen LogP contribution is -2.04. The van der Waals surface area contributed by atoms with Gasteiger partial charge in [-0.05, 0) is 36.8 Å². The average molecular weight is 325 g/mol. The zero-order valence-corrected chi connectivity index (χ0v) is 12.9. The number of halogens is 2. The molecule has 21 heavy (non-hydrogen) atoms. The predicted molar refractivity (Wildman–Crippen MR) is 84.9 cm³/mol. The first-order chi connectivity index (χ1) is 9.99. The van der Waals surface area contributed by atoms with Crippen LogP contribution >= 0.6 is 23.2 Å². The standard InChI is InChI=1S/C15H14Cl2N2O2/c1-2-3-11-6-9(15(20)21)7-14(18-11)19-13-5-4-10(16)8-12(13)17/h4-8H,2-3H2,1H3,(H,18,19)(H,20,21). The number of aryl methyl sites for hydroxylation is 1. The lowest BCUT2D eigenvalue weighted by molar-refractivity contribution is 0.0696. The summed E-state index contributed by atoms with van der Waals surface area (Å²) < 4.78 is 0. The molecule has 4 nitrogen and oxygen atoms in total. The van der Waals surface area contributed by atoms with E-state index in [9.17, 15) is 4.79 Å². The van der Waals surface area contributed by atoms with E-state index in [1.165, 1.54) is 6.07 Å². The number of carbonyl (C=O) groups is 1. The summed E-state index contributed by atoms with van der Waals surface area (Å²) >= 11 is 11.9. The minimum Gasteiger partial charge on any atom is -0.478 e. The van der Waals surface area contributed by atoms with Crippen molar-refractivity contribution in [1.82, 2.24) is 4.98 Å². The minimum absolute atomic E-state index is 0.195. The lowest BCUT2D eigenvalue weighted by Gasteiger charge is -2.10. The number of aromatic carboxylic acids is 1. The summed E-state index contributed by atoms with van der Waals surface area (Å²) in [5.41, 5.74) is 1.55. The van der Waals surface area contributed by atoms with Crippen LogP contribution in [0.5, 0.6) is 0 Å². The molecule has 0 fully saturated rings. The summed E-state index contributed by atoms with van der Waals surface area (Å²) in [6, 6.07) is 8.09. The summed E-state index contributed by atoms with van der Waals surface area (Å²) in [6.07, 6.45) is 1.60. The number of hydrogen-bond donors (Lipinski definition) is 2. The molecule has 0 aliphatic rings. The van der Waals surface area contributed by atoms with Crippen molar-refractivity contribution in [3.05, 3.63) is 51.6 Å². The first-order valence-corrected chi connectivity index (χ1v) is 7.21. The van der Waals surface area contributed by atoms with Crippen molar-refractivity contribution in [1.29, 1.82) is 0 Å². The molecule has 0 unspecified atom stereocenters. The Kier molecular flexibility index (Phi) is 5.04. The topological polar surface area (TPSA) is 62.2 Å². The highest BCUT2D eigenvalue weighted by atomic mass is 35.5. The van der Waals surface area contributed by atoms with Gasteiger partial charge in [0.15, 0.2) is 0 Å². The molecule has 0 atom stereocenters. The van der Waals surface area contributed by atoms with E-state index >= 15 is 0 Å². The largest absolute Gasteiger partial charge is 0.478 e. The van der Waals surface area contributed by atoms with Gasteiger partial charge in [-0.15, -0.1) is 0 Å². The Labute approximate surface area is 132 Å². The van der Waals surface area contributed by atoms with Gasteiger partial charge in [-0.25, -0.2) is 9.78 Å². The fourth-order valence-corrected chi connectivity index (χ4v) is 2.34. The van der Waals surface area contributed by atoms with Gasteiger partial charge in [0.2, 0.25) is 0 Å². The zero-order chi connectivity index (χ0) is 15.4. The molecule has 1 aromatic heterocycles.